The van der Waals surface area contributed by atoms with Gasteiger partial charge in [0, 0.05) is 19.0 Å². The van der Waals surface area contributed by atoms with E-state index in [0.29, 0.717) is 51.1 Å². The van der Waals surface area contributed by atoms with Gasteiger partial charge in [-0.1, -0.05) is 13.8 Å². The lowest BCUT2D eigenvalue weighted by Gasteiger charge is -2.31. The largest absolute Gasteiger partial charge is 0.481 e. The van der Waals surface area contributed by atoms with Gasteiger partial charge in [-0.25, -0.2) is 0 Å². The average molecular weight is 280 g/mol. The molecule has 1 aliphatic carbocycles. The first-order valence-electron chi connectivity index (χ1n) is 7.34. The maximum absolute atomic E-state index is 12.5. The lowest BCUT2D eigenvalue weighted by molar-refractivity contribution is -0.145. The van der Waals surface area contributed by atoms with Gasteiger partial charge in [0.15, 0.2) is 0 Å². The van der Waals surface area contributed by atoms with Crippen molar-refractivity contribution in [1.29, 1.82) is 5.26 Å². The van der Waals surface area contributed by atoms with Crippen molar-refractivity contribution >= 4 is 11.9 Å². The quantitative estimate of drug-likeness (QED) is 0.809. The summed E-state index contributed by atoms with van der Waals surface area (Å²) < 4.78 is 0. The third-order valence-electron chi connectivity index (χ3n) is 3.82. The summed E-state index contributed by atoms with van der Waals surface area (Å²) in [6.45, 7) is 5.24. The molecule has 0 aromatic heterocycles. The van der Waals surface area contributed by atoms with E-state index in [2.05, 4.69) is 6.07 Å². The van der Waals surface area contributed by atoms with Crippen LogP contribution < -0.4 is 0 Å². The summed E-state index contributed by atoms with van der Waals surface area (Å²) in [5.74, 6) is -0.648. The summed E-state index contributed by atoms with van der Waals surface area (Å²) in [5, 5.41) is 17.7. The zero-order valence-electron chi connectivity index (χ0n) is 12.3. The molecule has 5 nitrogen and oxygen atoms in total. The third kappa shape index (κ3) is 4.84. The molecule has 1 fully saturated rings. The van der Waals surface area contributed by atoms with Crippen molar-refractivity contribution in [1.82, 2.24) is 4.90 Å². The van der Waals surface area contributed by atoms with E-state index in [-0.39, 0.29) is 17.7 Å². The second-order valence-electron chi connectivity index (χ2n) is 5.97. The summed E-state index contributed by atoms with van der Waals surface area (Å²) >= 11 is 0. The molecule has 1 N–H and O–H groups in total. The number of carboxylic acid groups (broad SMARTS) is 1. The number of nitriles is 1. The van der Waals surface area contributed by atoms with Crippen LogP contribution in [0.3, 0.4) is 0 Å². The number of carbonyl (C=O) groups excluding carboxylic acids is 1. The Hall–Kier alpha value is -1.57. The molecule has 0 aromatic rings. The topological polar surface area (TPSA) is 81.4 Å². The van der Waals surface area contributed by atoms with Gasteiger partial charge in [-0.3, -0.25) is 9.59 Å². The standard InChI is InChI=1S/C15H24N2O3/c1-11(2)10-17(9-3-8-16)14(18)12-4-6-13(7-5-12)15(19)20/h11-13H,3-7,9-10H2,1-2H3,(H,19,20). The van der Waals surface area contributed by atoms with Gasteiger partial charge in [0.05, 0.1) is 18.4 Å². The van der Waals surface area contributed by atoms with Gasteiger partial charge in [0.1, 0.15) is 0 Å². The molecule has 0 saturated heterocycles. The van der Waals surface area contributed by atoms with Gasteiger partial charge in [-0.15, -0.1) is 0 Å². The molecule has 0 spiro atoms. The van der Waals surface area contributed by atoms with Crippen LogP contribution in [0.5, 0.6) is 0 Å². The van der Waals surface area contributed by atoms with Crippen molar-refractivity contribution in [2.45, 2.75) is 46.0 Å². The third-order valence-corrected chi connectivity index (χ3v) is 3.82. The first-order chi connectivity index (χ1) is 9.45. The van der Waals surface area contributed by atoms with E-state index in [1.54, 1.807) is 4.90 Å². The molecule has 0 bridgehead atoms. The van der Waals surface area contributed by atoms with Crippen molar-refractivity contribution in [2.75, 3.05) is 13.1 Å². The molecule has 1 saturated carbocycles. The van der Waals surface area contributed by atoms with E-state index >= 15 is 0 Å². The number of carboxylic acids is 1. The molecular weight excluding hydrogens is 256 g/mol. The summed E-state index contributed by atoms with van der Waals surface area (Å²) in [7, 11) is 0. The molecule has 112 valence electrons. The highest BCUT2D eigenvalue weighted by Gasteiger charge is 2.32. The molecule has 0 unspecified atom stereocenters. The van der Waals surface area contributed by atoms with Crippen LogP contribution in [0.2, 0.25) is 0 Å². The zero-order chi connectivity index (χ0) is 15.1. The predicted molar refractivity (Wildman–Crippen MR) is 74.7 cm³/mol. The molecule has 5 heteroatoms. The SMILES string of the molecule is CC(C)CN(CCC#N)C(=O)C1CCC(C(=O)O)CC1. The molecule has 0 heterocycles. The van der Waals surface area contributed by atoms with Crippen LogP contribution in [0.1, 0.15) is 46.0 Å². The fraction of sp³-hybridized carbons (Fsp3) is 0.800. The van der Waals surface area contributed by atoms with E-state index in [0.717, 1.165) is 0 Å². The lowest BCUT2D eigenvalue weighted by Crippen LogP contribution is -2.40. The Labute approximate surface area is 120 Å². The second kappa shape index (κ2) is 7.88. The summed E-state index contributed by atoms with van der Waals surface area (Å²) in [4.78, 5) is 25.2. The first kappa shape index (κ1) is 16.5. The van der Waals surface area contributed by atoms with Gasteiger partial charge in [0.25, 0.3) is 0 Å². The average Bonchev–Trinajstić information content (AvgIpc) is 2.42. The van der Waals surface area contributed by atoms with Crippen LogP contribution in [-0.4, -0.2) is 35.0 Å². The molecule has 1 aliphatic rings. The fourth-order valence-electron chi connectivity index (χ4n) is 2.76. The van der Waals surface area contributed by atoms with E-state index in [1.807, 2.05) is 13.8 Å². The van der Waals surface area contributed by atoms with Crippen molar-refractivity contribution in [3.8, 4) is 6.07 Å². The Morgan fingerprint density at radius 3 is 2.25 bits per heavy atom. The highest BCUT2D eigenvalue weighted by Crippen LogP contribution is 2.30. The summed E-state index contributed by atoms with van der Waals surface area (Å²) in [6, 6.07) is 2.08. The van der Waals surface area contributed by atoms with Crippen molar-refractivity contribution in [3.63, 3.8) is 0 Å². The number of carbonyl (C=O) groups is 2. The minimum Gasteiger partial charge on any atom is -0.481 e. The number of rotatable bonds is 6. The predicted octanol–water partition coefficient (Wildman–Crippen LogP) is 2.28. The van der Waals surface area contributed by atoms with E-state index in [4.69, 9.17) is 10.4 Å². The van der Waals surface area contributed by atoms with Crippen LogP contribution in [0.15, 0.2) is 0 Å². The molecule has 0 atom stereocenters. The van der Waals surface area contributed by atoms with Gasteiger partial charge in [0.2, 0.25) is 5.91 Å². The van der Waals surface area contributed by atoms with Gasteiger partial charge >= 0.3 is 5.97 Å². The zero-order valence-corrected chi connectivity index (χ0v) is 12.3. The van der Waals surface area contributed by atoms with Crippen molar-refractivity contribution in [3.05, 3.63) is 0 Å². The Morgan fingerprint density at radius 1 is 1.25 bits per heavy atom. The lowest BCUT2D eigenvalue weighted by atomic mass is 9.81. The first-order valence-corrected chi connectivity index (χ1v) is 7.34. The molecule has 0 radical (unpaired) electrons. The number of amides is 1. The Kier molecular flexibility index (Phi) is 6.50. The number of aliphatic carboxylic acids is 1. The Morgan fingerprint density at radius 2 is 1.80 bits per heavy atom. The van der Waals surface area contributed by atoms with Crippen LogP contribution in [-0.2, 0) is 9.59 Å². The van der Waals surface area contributed by atoms with E-state index in [1.165, 1.54) is 0 Å². The fourth-order valence-corrected chi connectivity index (χ4v) is 2.76. The monoisotopic (exact) mass is 280 g/mol. The maximum atomic E-state index is 12.5. The molecule has 0 aliphatic heterocycles. The smallest absolute Gasteiger partial charge is 0.306 e. The van der Waals surface area contributed by atoms with E-state index < -0.39 is 5.97 Å². The number of hydrogen-bond acceptors (Lipinski definition) is 3. The minimum atomic E-state index is -0.751. The van der Waals surface area contributed by atoms with Gasteiger partial charge < -0.3 is 10.0 Å². The summed E-state index contributed by atoms with van der Waals surface area (Å²) in [5.41, 5.74) is 0. The normalized spacial score (nSPS) is 22.3. The highest BCUT2D eigenvalue weighted by atomic mass is 16.4. The Balaban J connectivity index is 2.57. The molecular formula is C15H24N2O3. The number of nitrogens with zero attached hydrogens (tertiary/aromatic N) is 2. The van der Waals surface area contributed by atoms with Crippen LogP contribution in [0, 0.1) is 29.1 Å². The number of hydrogen-bond donors (Lipinski definition) is 1. The van der Waals surface area contributed by atoms with Crippen LogP contribution in [0.25, 0.3) is 0 Å². The van der Waals surface area contributed by atoms with E-state index in [9.17, 15) is 9.59 Å². The Bertz CT molecular complexity index is 379. The molecule has 0 aromatic carbocycles. The van der Waals surface area contributed by atoms with Crippen LogP contribution >= 0.6 is 0 Å². The van der Waals surface area contributed by atoms with Gasteiger partial charge in [-0.05, 0) is 31.6 Å². The maximum Gasteiger partial charge on any atom is 0.306 e. The van der Waals surface area contributed by atoms with Crippen molar-refractivity contribution in [2.24, 2.45) is 17.8 Å². The highest BCUT2D eigenvalue weighted by molar-refractivity contribution is 5.79. The molecule has 1 amide bonds. The molecule has 1 rings (SSSR count). The second-order valence-corrected chi connectivity index (χ2v) is 5.97. The molecule has 20 heavy (non-hydrogen) atoms. The van der Waals surface area contributed by atoms with Crippen molar-refractivity contribution < 1.29 is 14.7 Å². The van der Waals surface area contributed by atoms with Crippen LogP contribution in [0.4, 0.5) is 0 Å². The minimum absolute atomic E-state index is 0.0666. The van der Waals surface area contributed by atoms with Gasteiger partial charge in [-0.2, -0.15) is 5.26 Å². The summed E-state index contributed by atoms with van der Waals surface area (Å²) in [6.07, 6.45) is 2.82.